The lowest BCUT2D eigenvalue weighted by atomic mass is 10.2. The second-order valence-electron chi connectivity index (χ2n) is 3.84. The number of nitriles is 1. The molecule has 0 unspecified atom stereocenters. The zero-order valence-corrected chi connectivity index (χ0v) is 10.1. The van der Waals surface area contributed by atoms with Crippen molar-refractivity contribution < 1.29 is 0 Å². The summed E-state index contributed by atoms with van der Waals surface area (Å²) in [6.07, 6.45) is 3.93. The van der Waals surface area contributed by atoms with E-state index in [-0.39, 0.29) is 0 Å². The molecule has 2 aromatic rings. The summed E-state index contributed by atoms with van der Waals surface area (Å²) >= 11 is 0. The highest BCUT2D eigenvalue weighted by atomic mass is 15.2. The minimum Gasteiger partial charge on any atom is -0.357 e. The highest BCUT2D eigenvalue weighted by Crippen LogP contribution is 2.16. The van der Waals surface area contributed by atoms with Crippen molar-refractivity contribution in [1.82, 2.24) is 15.2 Å². The van der Waals surface area contributed by atoms with Crippen molar-refractivity contribution >= 4 is 5.82 Å². The van der Waals surface area contributed by atoms with E-state index >= 15 is 0 Å². The van der Waals surface area contributed by atoms with E-state index < -0.39 is 0 Å². The molecule has 0 spiro atoms. The minimum atomic E-state index is 0.476. The van der Waals surface area contributed by atoms with Crippen LogP contribution in [0.1, 0.15) is 6.42 Å². The highest BCUT2D eigenvalue weighted by Gasteiger charge is 2.04. The van der Waals surface area contributed by atoms with Crippen molar-refractivity contribution in [3.63, 3.8) is 0 Å². The first-order valence-corrected chi connectivity index (χ1v) is 5.63. The van der Waals surface area contributed by atoms with Gasteiger partial charge in [0.05, 0.1) is 18.2 Å². The molecule has 0 radical (unpaired) electrons. The van der Waals surface area contributed by atoms with Crippen molar-refractivity contribution in [3.05, 3.63) is 36.7 Å². The molecule has 0 aliphatic rings. The van der Waals surface area contributed by atoms with Gasteiger partial charge in [0.2, 0.25) is 0 Å². The average Bonchev–Trinajstić information content (AvgIpc) is 2.46. The molecule has 5 heteroatoms. The molecule has 0 amide bonds. The smallest absolute Gasteiger partial charge is 0.151 e. The lowest BCUT2D eigenvalue weighted by Crippen LogP contribution is -2.19. The molecular weight excluding hydrogens is 226 g/mol. The Kier molecular flexibility index (Phi) is 3.82. The minimum absolute atomic E-state index is 0.476. The molecule has 0 fully saturated rings. The summed E-state index contributed by atoms with van der Waals surface area (Å²) in [7, 11) is 1.90. The number of rotatable bonds is 4. The fourth-order valence-corrected chi connectivity index (χ4v) is 1.54. The summed E-state index contributed by atoms with van der Waals surface area (Å²) in [4.78, 5) is 5.87. The molecule has 18 heavy (non-hydrogen) atoms. The first-order chi connectivity index (χ1) is 8.81. The zero-order valence-electron chi connectivity index (χ0n) is 10.1. The van der Waals surface area contributed by atoms with E-state index in [1.807, 2.05) is 36.2 Å². The second kappa shape index (κ2) is 5.73. The second-order valence-corrected chi connectivity index (χ2v) is 3.84. The van der Waals surface area contributed by atoms with Gasteiger partial charge in [0.1, 0.15) is 0 Å². The van der Waals surface area contributed by atoms with E-state index in [1.165, 1.54) is 0 Å². The van der Waals surface area contributed by atoms with Crippen molar-refractivity contribution in [3.8, 4) is 17.3 Å². The molecule has 90 valence electrons. The molecule has 2 rings (SSSR count). The third-order valence-electron chi connectivity index (χ3n) is 2.58. The molecule has 2 aromatic heterocycles. The first kappa shape index (κ1) is 12.0. The van der Waals surface area contributed by atoms with Crippen LogP contribution in [0.25, 0.3) is 11.3 Å². The monoisotopic (exact) mass is 239 g/mol. The number of hydrogen-bond donors (Lipinski definition) is 0. The molecule has 0 bridgehead atoms. The van der Waals surface area contributed by atoms with Crippen LogP contribution in [0.5, 0.6) is 0 Å². The van der Waals surface area contributed by atoms with Gasteiger partial charge in [-0.15, -0.1) is 10.2 Å². The van der Waals surface area contributed by atoms with E-state index in [1.54, 1.807) is 12.4 Å². The lowest BCUT2D eigenvalue weighted by molar-refractivity contribution is 0.860. The summed E-state index contributed by atoms with van der Waals surface area (Å²) in [5.74, 6) is 0.767. The Morgan fingerprint density at radius 1 is 1.17 bits per heavy atom. The van der Waals surface area contributed by atoms with Crippen LogP contribution < -0.4 is 4.90 Å². The van der Waals surface area contributed by atoms with Crippen molar-refractivity contribution in [1.29, 1.82) is 5.26 Å². The summed E-state index contributed by atoms with van der Waals surface area (Å²) < 4.78 is 0. The fourth-order valence-electron chi connectivity index (χ4n) is 1.54. The van der Waals surface area contributed by atoms with Crippen molar-refractivity contribution in [2.75, 3.05) is 18.5 Å². The van der Waals surface area contributed by atoms with Gasteiger partial charge in [0.15, 0.2) is 5.82 Å². The van der Waals surface area contributed by atoms with Gasteiger partial charge in [-0.3, -0.25) is 4.98 Å². The maximum absolute atomic E-state index is 8.54. The number of aromatic nitrogens is 3. The fraction of sp³-hybridized carbons (Fsp3) is 0.231. The number of nitrogens with zero attached hydrogens (tertiary/aromatic N) is 5. The van der Waals surface area contributed by atoms with Gasteiger partial charge in [-0.25, -0.2) is 0 Å². The van der Waals surface area contributed by atoms with Gasteiger partial charge in [-0.2, -0.15) is 5.26 Å². The SMILES string of the molecule is CN(CCC#N)c1ccc(-c2ccncc2)nn1. The number of pyridine rings is 1. The van der Waals surface area contributed by atoms with Crippen molar-refractivity contribution in [2.45, 2.75) is 6.42 Å². The molecule has 2 heterocycles. The van der Waals surface area contributed by atoms with Gasteiger partial charge in [0, 0.05) is 31.5 Å². The van der Waals surface area contributed by atoms with Gasteiger partial charge >= 0.3 is 0 Å². The van der Waals surface area contributed by atoms with Crippen LogP contribution in [0.2, 0.25) is 0 Å². The Labute approximate surface area is 106 Å². The van der Waals surface area contributed by atoms with Crippen LogP contribution in [0.15, 0.2) is 36.7 Å². The van der Waals surface area contributed by atoms with E-state index in [2.05, 4.69) is 21.3 Å². The Balaban J connectivity index is 2.13. The zero-order chi connectivity index (χ0) is 12.8. The van der Waals surface area contributed by atoms with E-state index in [4.69, 9.17) is 5.26 Å². The summed E-state index contributed by atoms with van der Waals surface area (Å²) in [6.45, 7) is 0.653. The Morgan fingerprint density at radius 3 is 2.56 bits per heavy atom. The van der Waals surface area contributed by atoms with E-state index in [0.717, 1.165) is 17.1 Å². The Bertz CT molecular complexity index is 530. The summed E-state index contributed by atoms with van der Waals surface area (Å²) in [5.41, 5.74) is 1.80. The van der Waals surface area contributed by atoms with Crippen LogP contribution in [0, 0.1) is 11.3 Å². The normalized spacial score (nSPS) is 9.78. The van der Waals surface area contributed by atoms with Crippen molar-refractivity contribution in [2.24, 2.45) is 0 Å². The van der Waals surface area contributed by atoms with Gasteiger partial charge in [-0.1, -0.05) is 0 Å². The predicted octanol–water partition coefficient (Wildman–Crippen LogP) is 1.89. The Morgan fingerprint density at radius 2 is 1.94 bits per heavy atom. The predicted molar refractivity (Wildman–Crippen MR) is 68.8 cm³/mol. The molecule has 0 atom stereocenters. The lowest BCUT2D eigenvalue weighted by Gasteiger charge is -2.15. The van der Waals surface area contributed by atoms with Crippen LogP contribution in [0.3, 0.4) is 0 Å². The van der Waals surface area contributed by atoms with E-state index in [0.29, 0.717) is 13.0 Å². The quantitative estimate of drug-likeness (QED) is 0.815. The molecule has 0 aliphatic heterocycles. The van der Waals surface area contributed by atoms with Crippen LogP contribution in [-0.2, 0) is 0 Å². The number of anilines is 1. The molecule has 0 aliphatic carbocycles. The molecule has 0 aromatic carbocycles. The molecule has 0 saturated heterocycles. The number of hydrogen-bond acceptors (Lipinski definition) is 5. The third kappa shape index (κ3) is 2.80. The third-order valence-corrected chi connectivity index (χ3v) is 2.58. The Hall–Kier alpha value is -2.48. The standard InChI is InChI=1S/C13H13N5/c1-18(10-2-7-14)13-4-3-12(16-17-13)11-5-8-15-9-6-11/h3-6,8-9H,2,10H2,1H3. The van der Waals surface area contributed by atoms with Gasteiger partial charge in [0.25, 0.3) is 0 Å². The molecular formula is C13H13N5. The van der Waals surface area contributed by atoms with Gasteiger partial charge in [-0.05, 0) is 24.3 Å². The topological polar surface area (TPSA) is 65.7 Å². The largest absolute Gasteiger partial charge is 0.357 e. The first-order valence-electron chi connectivity index (χ1n) is 5.63. The molecule has 0 N–H and O–H groups in total. The van der Waals surface area contributed by atoms with Crippen LogP contribution >= 0.6 is 0 Å². The maximum Gasteiger partial charge on any atom is 0.151 e. The molecule has 5 nitrogen and oxygen atoms in total. The van der Waals surface area contributed by atoms with E-state index in [9.17, 15) is 0 Å². The average molecular weight is 239 g/mol. The highest BCUT2D eigenvalue weighted by molar-refractivity contribution is 5.58. The van der Waals surface area contributed by atoms with Gasteiger partial charge < -0.3 is 4.90 Å². The van der Waals surface area contributed by atoms with Crippen LogP contribution in [-0.4, -0.2) is 28.8 Å². The maximum atomic E-state index is 8.54. The summed E-state index contributed by atoms with van der Waals surface area (Å²) in [6, 6.07) is 9.71. The van der Waals surface area contributed by atoms with Crippen LogP contribution in [0.4, 0.5) is 5.82 Å². The molecule has 0 saturated carbocycles. The summed E-state index contributed by atoms with van der Waals surface area (Å²) in [5, 5.41) is 16.9.